The molecule has 0 unspecified atom stereocenters. The highest BCUT2D eigenvalue weighted by molar-refractivity contribution is 14.1. The predicted molar refractivity (Wildman–Crippen MR) is 52.3 cm³/mol. The smallest absolute Gasteiger partial charge is 0.0815 e. The monoisotopic (exact) mass is 259 g/mol. The van der Waals surface area contributed by atoms with Gasteiger partial charge in [-0.15, -0.1) is 0 Å². The molecule has 0 aliphatic rings. The van der Waals surface area contributed by atoms with Crippen LogP contribution in [-0.2, 0) is 0 Å². The maximum atomic E-state index is 5.61. The fraction of sp³-hybridized carbons (Fsp3) is 0. The molecular weight excluding hydrogens is 253 g/mol. The van der Waals surface area contributed by atoms with Gasteiger partial charge in [0, 0.05) is 11.9 Å². The molecule has 4 heteroatoms. The van der Waals surface area contributed by atoms with Crippen LogP contribution in [0, 0.1) is 3.57 Å². The summed E-state index contributed by atoms with van der Waals surface area (Å²) in [6.45, 7) is 0. The Morgan fingerprint density at radius 2 is 2.36 bits per heavy atom. The summed E-state index contributed by atoms with van der Waals surface area (Å²) in [7, 11) is 0. The molecule has 0 saturated heterocycles. The summed E-state index contributed by atoms with van der Waals surface area (Å²) < 4.78 is 2.92. The first-order chi connectivity index (χ1) is 5.27. The van der Waals surface area contributed by atoms with Crippen molar-refractivity contribution in [2.45, 2.75) is 0 Å². The van der Waals surface area contributed by atoms with Crippen LogP contribution >= 0.6 is 22.6 Å². The molecule has 0 atom stereocenters. The first kappa shape index (κ1) is 6.90. The lowest BCUT2D eigenvalue weighted by atomic mass is 10.4. The van der Waals surface area contributed by atoms with Crippen molar-refractivity contribution in [1.82, 2.24) is 9.61 Å². The second-order valence-corrected chi connectivity index (χ2v) is 3.44. The van der Waals surface area contributed by atoms with Gasteiger partial charge in [-0.25, -0.2) is 4.52 Å². The highest BCUT2D eigenvalue weighted by Gasteiger charge is 1.98. The molecule has 0 amide bonds. The summed E-state index contributed by atoms with van der Waals surface area (Å²) >= 11 is 2.23. The Balaban J connectivity index is 2.87. The van der Waals surface area contributed by atoms with Crippen molar-refractivity contribution >= 4 is 33.8 Å². The molecule has 0 saturated carbocycles. The molecule has 0 spiro atoms. The molecular formula is C7H6IN3. The number of anilines is 1. The second-order valence-electron chi connectivity index (χ2n) is 2.28. The van der Waals surface area contributed by atoms with Gasteiger partial charge < -0.3 is 5.73 Å². The number of nitrogen functional groups attached to an aromatic ring is 1. The van der Waals surface area contributed by atoms with E-state index in [1.807, 2.05) is 24.5 Å². The van der Waals surface area contributed by atoms with Crippen molar-refractivity contribution in [2.24, 2.45) is 0 Å². The zero-order chi connectivity index (χ0) is 7.84. The average molecular weight is 259 g/mol. The number of rotatable bonds is 0. The molecule has 2 aromatic heterocycles. The van der Waals surface area contributed by atoms with Crippen LogP contribution in [-0.4, -0.2) is 9.61 Å². The minimum atomic E-state index is 0.774. The van der Waals surface area contributed by atoms with E-state index in [-0.39, 0.29) is 0 Å². The van der Waals surface area contributed by atoms with E-state index in [2.05, 4.69) is 27.7 Å². The van der Waals surface area contributed by atoms with Crippen LogP contribution in [0.1, 0.15) is 0 Å². The van der Waals surface area contributed by atoms with E-state index in [1.165, 1.54) is 0 Å². The van der Waals surface area contributed by atoms with Gasteiger partial charge in [0.1, 0.15) is 0 Å². The lowest BCUT2D eigenvalue weighted by Gasteiger charge is -1.94. The number of nitrogens with zero attached hydrogens (tertiary/aromatic N) is 2. The third kappa shape index (κ3) is 1.07. The van der Waals surface area contributed by atoms with Gasteiger partial charge in [-0.1, -0.05) is 0 Å². The first-order valence-corrected chi connectivity index (χ1v) is 4.23. The molecule has 0 aliphatic heterocycles. The van der Waals surface area contributed by atoms with Gasteiger partial charge in [0.2, 0.25) is 0 Å². The number of pyridine rings is 1. The largest absolute Gasteiger partial charge is 0.399 e. The quantitative estimate of drug-likeness (QED) is 0.729. The Hall–Kier alpha value is -0.780. The summed E-state index contributed by atoms with van der Waals surface area (Å²) in [4.78, 5) is 0. The Bertz CT molecular complexity index is 393. The summed E-state index contributed by atoms with van der Waals surface area (Å²) in [5.74, 6) is 0. The molecule has 56 valence electrons. The molecule has 0 radical (unpaired) electrons. The van der Waals surface area contributed by atoms with Gasteiger partial charge in [0.25, 0.3) is 0 Å². The number of hydrogen-bond acceptors (Lipinski definition) is 2. The van der Waals surface area contributed by atoms with E-state index < -0.39 is 0 Å². The van der Waals surface area contributed by atoms with Gasteiger partial charge in [-0.2, -0.15) is 5.10 Å². The third-order valence-electron chi connectivity index (χ3n) is 1.50. The second kappa shape index (κ2) is 2.37. The van der Waals surface area contributed by atoms with Crippen LogP contribution in [0.2, 0.25) is 0 Å². The van der Waals surface area contributed by atoms with E-state index in [0.717, 1.165) is 14.8 Å². The van der Waals surface area contributed by atoms with Crippen LogP contribution in [0.5, 0.6) is 0 Å². The predicted octanol–water partition coefficient (Wildman–Crippen LogP) is 1.52. The number of hydrogen-bond donors (Lipinski definition) is 1. The van der Waals surface area contributed by atoms with Crippen molar-refractivity contribution in [3.8, 4) is 0 Å². The van der Waals surface area contributed by atoms with Crippen LogP contribution in [0.3, 0.4) is 0 Å². The minimum Gasteiger partial charge on any atom is -0.399 e. The van der Waals surface area contributed by atoms with Crippen LogP contribution in [0.4, 0.5) is 5.69 Å². The van der Waals surface area contributed by atoms with Gasteiger partial charge in [-0.3, -0.25) is 0 Å². The van der Waals surface area contributed by atoms with E-state index in [0.29, 0.717) is 0 Å². The van der Waals surface area contributed by atoms with E-state index in [1.54, 1.807) is 4.52 Å². The standard InChI is InChI=1S/C7H6IN3/c8-6-4-10-11-2-1-5(9)3-7(6)11/h1-4H,9H2. The lowest BCUT2D eigenvalue weighted by molar-refractivity contribution is 0.962. The Morgan fingerprint density at radius 3 is 3.18 bits per heavy atom. The molecule has 2 aromatic rings. The molecule has 0 fully saturated rings. The van der Waals surface area contributed by atoms with Gasteiger partial charge in [0.15, 0.2) is 0 Å². The number of nitrogens with two attached hydrogens (primary N) is 1. The summed E-state index contributed by atoms with van der Waals surface area (Å²) in [6.07, 6.45) is 3.67. The zero-order valence-corrected chi connectivity index (χ0v) is 7.82. The van der Waals surface area contributed by atoms with Crippen LogP contribution < -0.4 is 5.73 Å². The first-order valence-electron chi connectivity index (χ1n) is 3.16. The van der Waals surface area contributed by atoms with Crippen molar-refractivity contribution in [2.75, 3.05) is 5.73 Å². The van der Waals surface area contributed by atoms with Gasteiger partial charge >= 0.3 is 0 Å². The maximum Gasteiger partial charge on any atom is 0.0815 e. The molecule has 0 aliphatic carbocycles. The SMILES string of the molecule is Nc1ccn2ncc(I)c2c1. The fourth-order valence-electron chi connectivity index (χ4n) is 0.967. The molecule has 11 heavy (non-hydrogen) atoms. The van der Waals surface area contributed by atoms with E-state index in [4.69, 9.17) is 5.73 Å². The normalized spacial score (nSPS) is 10.6. The fourth-order valence-corrected chi connectivity index (χ4v) is 1.49. The van der Waals surface area contributed by atoms with Crippen LogP contribution in [0.25, 0.3) is 5.52 Å². The maximum absolute atomic E-state index is 5.61. The summed E-state index contributed by atoms with van der Waals surface area (Å²) in [6, 6.07) is 3.74. The summed E-state index contributed by atoms with van der Waals surface area (Å²) in [5.41, 5.74) is 7.44. The molecule has 2 rings (SSSR count). The van der Waals surface area contributed by atoms with Crippen molar-refractivity contribution < 1.29 is 0 Å². The van der Waals surface area contributed by atoms with Crippen molar-refractivity contribution in [1.29, 1.82) is 0 Å². The van der Waals surface area contributed by atoms with Gasteiger partial charge in [0.05, 0.1) is 15.3 Å². The lowest BCUT2D eigenvalue weighted by Crippen LogP contribution is -1.89. The number of fused-ring (bicyclic) bond motifs is 1. The average Bonchev–Trinajstić information content (AvgIpc) is 2.33. The Morgan fingerprint density at radius 1 is 1.55 bits per heavy atom. The van der Waals surface area contributed by atoms with E-state index >= 15 is 0 Å². The van der Waals surface area contributed by atoms with Gasteiger partial charge in [-0.05, 0) is 34.7 Å². The highest BCUT2D eigenvalue weighted by atomic mass is 127. The highest BCUT2D eigenvalue weighted by Crippen LogP contribution is 2.14. The number of halogens is 1. The Kier molecular flexibility index (Phi) is 1.49. The number of aromatic nitrogens is 2. The zero-order valence-electron chi connectivity index (χ0n) is 5.66. The van der Waals surface area contributed by atoms with E-state index in [9.17, 15) is 0 Å². The minimum absolute atomic E-state index is 0.774. The third-order valence-corrected chi connectivity index (χ3v) is 2.33. The van der Waals surface area contributed by atoms with Crippen molar-refractivity contribution in [3.63, 3.8) is 0 Å². The molecule has 0 bridgehead atoms. The topological polar surface area (TPSA) is 43.3 Å². The van der Waals surface area contributed by atoms with Crippen LogP contribution in [0.15, 0.2) is 24.5 Å². The molecule has 2 N–H and O–H groups in total. The Labute approximate surface area is 77.3 Å². The van der Waals surface area contributed by atoms with Crippen molar-refractivity contribution in [3.05, 3.63) is 28.1 Å². The molecule has 3 nitrogen and oxygen atoms in total. The molecule has 0 aromatic carbocycles. The summed E-state index contributed by atoms with van der Waals surface area (Å²) in [5, 5.41) is 4.11. The molecule has 2 heterocycles.